The summed E-state index contributed by atoms with van der Waals surface area (Å²) in [7, 11) is 13.4. The number of hydrogen-bond donors (Lipinski definition) is 0. The first-order valence-corrected chi connectivity index (χ1v) is 5.24. The SMILES string of the molecule is [Cl][Co]([Cl])[Cl].[O]=[Co]. The zero-order valence-electron chi connectivity index (χ0n) is 2.21. The molecule has 1 nitrogen and oxygen atoms in total. The Bertz CT molecular complexity index is 20.0. The van der Waals surface area contributed by atoms with Gasteiger partial charge in [0.05, 0.1) is 0 Å². The van der Waals surface area contributed by atoms with E-state index in [-0.39, 0.29) is 0 Å². The van der Waals surface area contributed by atoms with Crippen molar-refractivity contribution >= 4 is 30.4 Å². The van der Waals surface area contributed by atoms with Crippen LogP contribution in [0.5, 0.6) is 0 Å². The molecule has 0 bridgehead atoms. The molecule has 0 N–H and O–H groups in total. The zero-order valence-corrected chi connectivity index (χ0v) is 6.56. The summed E-state index contributed by atoms with van der Waals surface area (Å²) in [5.41, 5.74) is 0. The van der Waals surface area contributed by atoms with Crippen LogP contribution in [0.3, 0.4) is 0 Å². The maximum absolute atomic E-state index is 7.94. The van der Waals surface area contributed by atoms with Gasteiger partial charge in [0.2, 0.25) is 0 Å². The Kier molecular flexibility index (Phi) is 17.4. The first-order chi connectivity index (χ1) is 2.73. The van der Waals surface area contributed by atoms with Crippen LogP contribution in [-0.2, 0) is 30.5 Å². The third-order valence-electron chi connectivity index (χ3n) is 0. The van der Waals surface area contributed by atoms with E-state index in [0.717, 1.165) is 0 Å². The molecule has 0 aromatic heterocycles. The second-order valence-electron chi connectivity index (χ2n) is 0.143. The maximum atomic E-state index is 7.94. The molecule has 0 radical (unpaired) electrons. The normalized spacial score (nSPS) is 8.33. The van der Waals surface area contributed by atoms with Gasteiger partial charge in [0.15, 0.2) is 0 Å². The van der Waals surface area contributed by atoms with Gasteiger partial charge in [0.1, 0.15) is 0 Å². The second-order valence-corrected chi connectivity index (χ2v) is 5.30. The van der Waals surface area contributed by atoms with Crippen molar-refractivity contribution < 1.29 is 30.5 Å². The van der Waals surface area contributed by atoms with Gasteiger partial charge in [-0.2, -0.15) is 0 Å². The van der Waals surface area contributed by atoms with Crippen LogP contribution >= 0.6 is 30.4 Å². The van der Waals surface area contributed by atoms with Gasteiger partial charge in [0.25, 0.3) is 0 Å². The molecule has 0 spiro atoms. The van der Waals surface area contributed by atoms with Crippen molar-refractivity contribution in [1.82, 2.24) is 0 Å². The Hall–Kier alpha value is 1.68. The van der Waals surface area contributed by atoms with Crippen LogP contribution in [0, 0.1) is 0 Å². The fourth-order valence-corrected chi connectivity index (χ4v) is 0. The van der Waals surface area contributed by atoms with E-state index in [1.54, 1.807) is 0 Å². The molecule has 0 heterocycles. The molecule has 6 heavy (non-hydrogen) atoms. The zero-order chi connectivity index (χ0) is 5.58. The molecule has 0 rings (SSSR count). The van der Waals surface area contributed by atoms with Gasteiger partial charge in [-0.1, -0.05) is 0 Å². The molecule has 0 fully saturated rings. The summed E-state index contributed by atoms with van der Waals surface area (Å²) in [5, 5.41) is 0. The van der Waals surface area contributed by atoms with Crippen LogP contribution in [0.2, 0.25) is 0 Å². The van der Waals surface area contributed by atoms with Crippen molar-refractivity contribution in [3.05, 3.63) is 0 Å². The molecule has 0 saturated heterocycles. The van der Waals surface area contributed by atoms with Crippen LogP contribution in [0.4, 0.5) is 0 Å². The molecule has 6 heteroatoms. The van der Waals surface area contributed by atoms with Crippen molar-refractivity contribution in [2.45, 2.75) is 0 Å². The third kappa shape index (κ3) is 44.0. The van der Waals surface area contributed by atoms with Crippen molar-refractivity contribution in [3.8, 4) is 0 Å². The van der Waals surface area contributed by atoms with Gasteiger partial charge < -0.3 is 0 Å². The molecule has 0 amide bonds. The Morgan fingerprint density at radius 3 is 1.17 bits per heavy atom. The van der Waals surface area contributed by atoms with Crippen molar-refractivity contribution in [2.24, 2.45) is 0 Å². The predicted octanol–water partition coefficient (Wildman–Crippen LogP) is 1.94. The molecule has 0 saturated carbocycles. The van der Waals surface area contributed by atoms with Gasteiger partial charge in [0, 0.05) is 0 Å². The van der Waals surface area contributed by atoms with Crippen LogP contribution < -0.4 is 0 Å². The summed E-state index contributed by atoms with van der Waals surface area (Å²) in [6, 6.07) is 0. The van der Waals surface area contributed by atoms with Gasteiger partial charge in [-0.3, -0.25) is 0 Å². The minimum absolute atomic E-state index is 1.19. The fraction of sp³-hybridized carbons (Fsp3) is 0. The van der Waals surface area contributed by atoms with E-state index in [9.17, 15) is 0 Å². The Morgan fingerprint density at radius 2 is 1.17 bits per heavy atom. The molecule has 0 aliphatic heterocycles. The van der Waals surface area contributed by atoms with Gasteiger partial charge >= 0.3 is 60.9 Å². The average Bonchev–Trinajstić information content (AvgIpc) is 1.41. The molecule has 0 aromatic carbocycles. The first kappa shape index (κ1) is 10.6. The van der Waals surface area contributed by atoms with Crippen LogP contribution in [0.1, 0.15) is 0 Å². The molecule has 0 aromatic rings. The summed E-state index contributed by atoms with van der Waals surface area (Å²) in [5.74, 6) is 0. The second kappa shape index (κ2) is 9.84. The molecular weight excluding hydrogens is 240 g/mol. The summed E-state index contributed by atoms with van der Waals surface area (Å²) in [4.78, 5) is 0. The molecule has 0 aliphatic carbocycles. The summed E-state index contributed by atoms with van der Waals surface area (Å²) in [6.45, 7) is 0. The fourth-order valence-electron chi connectivity index (χ4n) is 0. The van der Waals surface area contributed by atoms with Crippen molar-refractivity contribution in [2.75, 3.05) is 0 Å². The third-order valence-corrected chi connectivity index (χ3v) is 0. The van der Waals surface area contributed by atoms with E-state index in [0.29, 0.717) is 0 Å². The predicted molar refractivity (Wildman–Crippen MR) is 18.2 cm³/mol. The first-order valence-electron chi connectivity index (χ1n) is 0.514. The minimum atomic E-state index is -1.19. The quantitative estimate of drug-likeness (QED) is 0.632. The van der Waals surface area contributed by atoms with Crippen LogP contribution in [0.15, 0.2) is 0 Å². The van der Waals surface area contributed by atoms with E-state index in [2.05, 4.69) is 15.7 Å². The Labute approximate surface area is 60.6 Å². The Balaban J connectivity index is 0. The van der Waals surface area contributed by atoms with E-state index in [1.807, 2.05) is 0 Å². The van der Waals surface area contributed by atoms with Crippen LogP contribution in [0.25, 0.3) is 0 Å². The summed E-state index contributed by atoms with van der Waals surface area (Å²) < 4.78 is 7.94. The molecule has 0 unspecified atom stereocenters. The standard InChI is InChI=1S/3ClH.2Co.O/h3*1H;;;/q;;;;+3;/p-3. The van der Waals surface area contributed by atoms with Gasteiger partial charge in [-0.15, -0.1) is 0 Å². The molecule has 0 aliphatic rings. The number of rotatable bonds is 0. The summed E-state index contributed by atoms with van der Waals surface area (Å²) in [6.07, 6.45) is 0. The number of hydrogen-bond acceptors (Lipinski definition) is 1. The van der Waals surface area contributed by atoms with E-state index >= 15 is 0 Å². The van der Waals surface area contributed by atoms with Gasteiger partial charge in [-0.05, 0) is 0 Å². The van der Waals surface area contributed by atoms with Crippen molar-refractivity contribution in [3.63, 3.8) is 0 Å². The average molecular weight is 240 g/mol. The van der Waals surface area contributed by atoms with E-state index in [1.165, 1.54) is 0 Å². The van der Waals surface area contributed by atoms with Crippen LogP contribution in [-0.4, -0.2) is 0 Å². The molecule has 0 atom stereocenters. The van der Waals surface area contributed by atoms with E-state index < -0.39 is 10.9 Å². The Morgan fingerprint density at radius 1 is 1.17 bits per heavy atom. The van der Waals surface area contributed by atoms with Gasteiger partial charge in [-0.25, -0.2) is 0 Å². The van der Waals surface area contributed by atoms with E-state index in [4.69, 9.17) is 34.3 Å². The topological polar surface area (TPSA) is 17.1 Å². The molecule has 45 valence electrons. The summed E-state index contributed by atoms with van der Waals surface area (Å²) >= 11 is 2.31. The number of halogens is 3. The monoisotopic (exact) mass is 239 g/mol. The molecular formula is Cl3Co2O. The van der Waals surface area contributed by atoms with Crippen molar-refractivity contribution in [1.29, 1.82) is 0 Å².